The van der Waals surface area contributed by atoms with Crippen LogP contribution < -0.4 is 27.4 Å². The van der Waals surface area contributed by atoms with E-state index in [0.29, 0.717) is 26.1 Å². The Hall–Kier alpha value is -1.34. The van der Waals surface area contributed by atoms with E-state index in [9.17, 15) is 4.79 Å². The minimum atomic E-state index is -0.222. The molecular formula is C9H22N6O. The second-order valence-electron chi connectivity index (χ2n) is 3.40. The van der Waals surface area contributed by atoms with Gasteiger partial charge in [-0.15, -0.1) is 0 Å². The number of likely N-dealkylation sites (N-methyl/N-ethyl adjacent to an activating group) is 1. The van der Waals surface area contributed by atoms with E-state index in [1.165, 1.54) is 0 Å². The van der Waals surface area contributed by atoms with Crippen LogP contribution in [0.25, 0.3) is 0 Å². The lowest BCUT2D eigenvalue weighted by molar-refractivity contribution is -0.123. The lowest BCUT2D eigenvalue weighted by atomic mass is 10.1. The fourth-order valence-electron chi connectivity index (χ4n) is 1.25. The number of hydrogen-bond acceptors (Lipinski definition) is 4. The Labute approximate surface area is 95.8 Å². The van der Waals surface area contributed by atoms with Crippen molar-refractivity contribution in [3.63, 3.8) is 0 Å². The SMILES string of the molecule is CNC(CCCNC(=N)N)C(=O)NCCN. The van der Waals surface area contributed by atoms with Gasteiger partial charge in [-0.1, -0.05) is 0 Å². The smallest absolute Gasteiger partial charge is 0.237 e. The van der Waals surface area contributed by atoms with Crippen LogP contribution in [-0.2, 0) is 4.79 Å². The van der Waals surface area contributed by atoms with Crippen LogP contribution in [0.4, 0.5) is 0 Å². The van der Waals surface area contributed by atoms with Gasteiger partial charge in [0.05, 0.1) is 6.04 Å². The van der Waals surface area contributed by atoms with Gasteiger partial charge < -0.3 is 27.4 Å². The Morgan fingerprint density at radius 3 is 2.56 bits per heavy atom. The van der Waals surface area contributed by atoms with Crippen LogP contribution in [0.1, 0.15) is 12.8 Å². The van der Waals surface area contributed by atoms with Crippen molar-refractivity contribution < 1.29 is 4.79 Å². The summed E-state index contributed by atoms with van der Waals surface area (Å²) in [5.41, 5.74) is 10.4. The Bertz CT molecular complexity index is 220. The van der Waals surface area contributed by atoms with E-state index >= 15 is 0 Å². The molecule has 0 rings (SSSR count). The molecule has 0 spiro atoms. The quantitative estimate of drug-likeness (QED) is 0.162. The highest BCUT2D eigenvalue weighted by Gasteiger charge is 2.14. The first-order valence-corrected chi connectivity index (χ1v) is 5.34. The van der Waals surface area contributed by atoms with Crippen molar-refractivity contribution >= 4 is 11.9 Å². The first-order chi connectivity index (χ1) is 7.61. The summed E-state index contributed by atoms with van der Waals surface area (Å²) < 4.78 is 0. The molecule has 1 amide bonds. The van der Waals surface area contributed by atoms with E-state index in [4.69, 9.17) is 16.9 Å². The molecule has 7 nitrogen and oxygen atoms in total. The molecule has 0 bridgehead atoms. The van der Waals surface area contributed by atoms with Crippen molar-refractivity contribution in [2.45, 2.75) is 18.9 Å². The number of hydrogen-bond donors (Lipinski definition) is 6. The lowest BCUT2D eigenvalue weighted by Gasteiger charge is -2.15. The summed E-state index contributed by atoms with van der Waals surface area (Å²) in [4.78, 5) is 11.5. The van der Waals surface area contributed by atoms with Gasteiger partial charge in [-0.2, -0.15) is 0 Å². The lowest BCUT2D eigenvalue weighted by Crippen LogP contribution is -2.44. The highest BCUT2D eigenvalue weighted by molar-refractivity contribution is 5.81. The van der Waals surface area contributed by atoms with Crippen molar-refractivity contribution in [2.24, 2.45) is 11.5 Å². The molecule has 0 saturated carbocycles. The Kier molecular flexibility index (Phi) is 8.18. The Balaban J connectivity index is 3.73. The molecule has 1 unspecified atom stereocenters. The molecule has 0 saturated heterocycles. The van der Waals surface area contributed by atoms with Crippen molar-refractivity contribution in [1.29, 1.82) is 5.41 Å². The highest BCUT2D eigenvalue weighted by Crippen LogP contribution is 1.95. The van der Waals surface area contributed by atoms with Crippen LogP contribution >= 0.6 is 0 Å². The summed E-state index contributed by atoms with van der Waals surface area (Å²) in [6, 6.07) is -0.222. The maximum Gasteiger partial charge on any atom is 0.237 e. The molecule has 0 aromatic rings. The largest absolute Gasteiger partial charge is 0.370 e. The predicted octanol–water partition coefficient (Wildman–Crippen LogP) is -2.09. The minimum Gasteiger partial charge on any atom is -0.370 e. The van der Waals surface area contributed by atoms with Gasteiger partial charge in [0.1, 0.15) is 0 Å². The van der Waals surface area contributed by atoms with Crippen LogP contribution in [0.2, 0.25) is 0 Å². The van der Waals surface area contributed by atoms with Crippen LogP contribution in [0, 0.1) is 5.41 Å². The first-order valence-electron chi connectivity index (χ1n) is 5.34. The second kappa shape index (κ2) is 8.93. The Morgan fingerprint density at radius 2 is 2.06 bits per heavy atom. The number of nitrogens with one attached hydrogen (secondary N) is 4. The third kappa shape index (κ3) is 7.02. The van der Waals surface area contributed by atoms with Crippen molar-refractivity contribution in [2.75, 3.05) is 26.7 Å². The minimum absolute atomic E-state index is 0.0456. The standard InChI is InChI=1S/C9H22N6O/c1-13-7(8(16)14-6-4-10)3-2-5-15-9(11)12/h7,13H,2-6,10H2,1H3,(H,14,16)(H4,11,12,15). The zero-order chi connectivity index (χ0) is 12.4. The summed E-state index contributed by atoms with van der Waals surface area (Å²) >= 11 is 0. The van der Waals surface area contributed by atoms with Gasteiger partial charge >= 0.3 is 0 Å². The fraction of sp³-hybridized carbons (Fsp3) is 0.778. The van der Waals surface area contributed by atoms with Gasteiger partial charge in [-0.3, -0.25) is 10.2 Å². The van der Waals surface area contributed by atoms with E-state index in [-0.39, 0.29) is 17.9 Å². The summed E-state index contributed by atoms with van der Waals surface area (Å²) in [5, 5.41) is 15.3. The van der Waals surface area contributed by atoms with Crippen LogP contribution in [0.15, 0.2) is 0 Å². The predicted molar refractivity (Wildman–Crippen MR) is 64.1 cm³/mol. The number of guanidine groups is 1. The maximum atomic E-state index is 11.5. The van der Waals surface area contributed by atoms with E-state index in [1.807, 2.05) is 0 Å². The molecule has 94 valence electrons. The number of carbonyl (C=O) groups excluding carboxylic acids is 1. The third-order valence-corrected chi connectivity index (χ3v) is 2.09. The molecule has 8 N–H and O–H groups in total. The molecule has 16 heavy (non-hydrogen) atoms. The average molecular weight is 230 g/mol. The molecule has 7 heteroatoms. The molecular weight excluding hydrogens is 208 g/mol. The van der Waals surface area contributed by atoms with E-state index in [1.54, 1.807) is 7.05 Å². The van der Waals surface area contributed by atoms with Gasteiger partial charge in [0.2, 0.25) is 5.91 Å². The number of carbonyl (C=O) groups is 1. The van der Waals surface area contributed by atoms with E-state index in [2.05, 4.69) is 16.0 Å². The average Bonchev–Trinajstić information content (AvgIpc) is 2.25. The van der Waals surface area contributed by atoms with Gasteiger partial charge in [0.15, 0.2) is 5.96 Å². The molecule has 1 atom stereocenters. The van der Waals surface area contributed by atoms with Crippen molar-refractivity contribution in [3.05, 3.63) is 0 Å². The van der Waals surface area contributed by atoms with Crippen LogP contribution in [0.3, 0.4) is 0 Å². The number of nitrogens with two attached hydrogens (primary N) is 2. The number of amides is 1. The zero-order valence-electron chi connectivity index (χ0n) is 9.68. The topological polar surface area (TPSA) is 129 Å². The van der Waals surface area contributed by atoms with Crippen molar-refractivity contribution in [1.82, 2.24) is 16.0 Å². The molecule has 0 aromatic carbocycles. The zero-order valence-corrected chi connectivity index (χ0v) is 9.68. The van der Waals surface area contributed by atoms with E-state index < -0.39 is 0 Å². The molecule has 0 radical (unpaired) electrons. The van der Waals surface area contributed by atoms with Gasteiger partial charge in [-0.25, -0.2) is 0 Å². The Morgan fingerprint density at radius 1 is 1.38 bits per heavy atom. The van der Waals surface area contributed by atoms with Crippen LogP contribution in [-0.4, -0.2) is 44.6 Å². The summed E-state index contributed by atoms with van der Waals surface area (Å²) in [5.74, 6) is -0.0932. The normalized spacial score (nSPS) is 11.9. The second-order valence-corrected chi connectivity index (χ2v) is 3.40. The fourth-order valence-corrected chi connectivity index (χ4v) is 1.25. The van der Waals surface area contributed by atoms with E-state index in [0.717, 1.165) is 6.42 Å². The summed E-state index contributed by atoms with van der Waals surface area (Å²) in [7, 11) is 1.74. The molecule has 0 heterocycles. The van der Waals surface area contributed by atoms with Gasteiger partial charge in [0.25, 0.3) is 0 Å². The maximum absolute atomic E-state index is 11.5. The molecule has 0 aromatic heterocycles. The molecule has 0 aliphatic carbocycles. The number of rotatable bonds is 8. The molecule has 0 aliphatic heterocycles. The molecule has 0 aliphatic rings. The highest BCUT2D eigenvalue weighted by atomic mass is 16.2. The van der Waals surface area contributed by atoms with Crippen molar-refractivity contribution in [3.8, 4) is 0 Å². The monoisotopic (exact) mass is 230 g/mol. The van der Waals surface area contributed by atoms with Gasteiger partial charge in [-0.05, 0) is 19.9 Å². The van der Waals surface area contributed by atoms with Gasteiger partial charge in [0, 0.05) is 19.6 Å². The first kappa shape index (κ1) is 14.7. The summed E-state index contributed by atoms with van der Waals surface area (Å²) in [6.07, 6.45) is 1.45. The molecule has 0 fully saturated rings. The van der Waals surface area contributed by atoms with Crippen LogP contribution in [0.5, 0.6) is 0 Å². The summed E-state index contributed by atoms with van der Waals surface area (Å²) in [6.45, 7) is 1.52. The third-order valence-electron chi connectivity index (χ3n) is 2.09.